The molecule has 0 fully saturated rings. The highest BCUT2D eigenvalue weighted by molar-refractivity contribution is 7.83. The molecule has 0 aliphatic rings. The molecule has 6 nitrogen and oxygen atoms in total. The Hall–Kier alpha value is -0.710. The zero-order valence-corrected chi connectivity index (χ0v) is 3.96. The predicted molar refractivity (Wildman–Crippen MR) is 19.2 cm³/mol. The molecule has 7 heavy (non-hydrogen) atoms. The smallest absolute Gasteiger partial charge is 0.274 e. The SMILES string of the molecule is N#N.NS(=O)(=O)O. The molecule has 0 spiro atoms. The minimum Gasteiger partial charge on any atom is -0.274 e. The van der Waals surface area contributed by atoms with Crippen LogP contribution in [0, 0.1) is 10.8 Å². The van der Waals surface area contributed by atoms with Crippen LogP contribution in [-0.4, -0.2) is 13.0 Å². The van der Waals surface area contributed by atoms with Gasteiger partial charge in [-0.3, -0.25) is 4.55 Å². The van der Waals surface area contributed by atoms with Crippen molar-refractivity contribution in [3.05, 3.63) is 0 Å². The van der Waals surface area contributed by atoms with E-state index >= 15 is 0 Å². The summed E-state index contributed by atoms with van der Waals surface area (Å²) in [7, 11) is -4.17. The summed E-state index contributed by atoms with van der Waals surface area (Å²) in [6.07, 6.45) is 0. The van der Waals surface area contributed by atoms with Crippen LogP contribution in [0.3, 0.4) is 0 Å². The highest BCUT2D eigenvalue weighted by atomic mass is 32.2. The topological polar surface area (TPSA) is 128 Å². The van der Waals surface area contributed by atoms with E-state index in [9.17, 15) is 0 Å². The van der Waals surface area contributed by atoms with Gasteiger partial charge < -0.3 is 0 Å². The Kier molecular flexibility index (Phi) is 4.75. The lowest BCUT2D eigenvalue weighted by molar-refractivity contribution is 0.485. The van der Waals surface area contributed by atoms with Gasteiger partial charge in [-0.1, -0.05) is 0 Å². The van der Waals surface area contributed by atoms with Gasteiger partial charge in [-0.2, -0.15) is 8.42 Å². The van der Waals surface area contributed by atoms with E-state index in [1.807, 2.05) is 0 Å². The summed E-state index contributed by atoms with van der Waals surface area (Å²) in [4.78, 5) is 0. The van der Waals surface area contributed by atoms with Crippen molar-refractivity contribution >= 4 is 10.3 Å². The van der Waals surface area contributed by atoms with Crippen LogP contribution in [0.25, 0.3) is 0 Å². The fraction of sp³-hybridized carbons (Fsp3) is 0. The van der Waals surface area contributed by atoms with E-state index in [0.717, 1.165) is 0 Å². The Morgan fingerprint density at radius 1 is 1.43 bits per heavy atom. The van der Waals surface area contributed by atoms with Crippen molar-refractivity contribution < 1.29 is 13.0 Å². The van der Waals surface area contributed by atoms with Gasteiger partial charge in [-0.25, -0.2) is 5.14 Å². The minimum absolute atomic E-state index is 3.88. The average molecular weight is 125 g/mol. The van der Waals surface area contributed by atoms with Crippen molar-refractivity contribution in [3.63, 3.8) is 0 Å². The van der Waals surface area contributed by atoms with Gasteiger partial charge in [0.25, 0.3) is 0 Å². The molecule has 3 N–H and O–H groups in total. The highest BCUT2D eigenvalue weighted by Crippen LogP contribution is 1.50. The standard InChI is InChI=1S/N2.H3NO3S/c1-2;1-5(2,3)4/h;(H3,1,2,3,4). The van der Waals surface area contributed by atoms with Gasteiger partial charge in [-0.05, 0) is 0 Å². The fourth-order valence-corrected chi connectivity index (χ4v) is 0. The summed E-state index contributed by atoms with van der Waals surface area (Å²) in [5.74, 6) is 0. The van der Waals surface area contributed by atoms with Crippen LogP contribution in [0.15, 0.2) is 0 Å². The number of rotatable bonds is 0. The largest absolute Gasteiger partial charge is 0.330 e. The summed E-state index contributed by atoms with van der Waals surface area (Å²) in [5.41, 5.74) is 0. The van der Waals surface area contributed by atoms with Gasteiger partial charge in [0.2, 0.25) is 0 Å². The zero-order chi connectivity index (χ0) is 6.50. The Bertz CT molecular complexity index is 122. The van der Waals surface area contributed by atoms with Crippen molar-refractivity contribution in [1.82, 2.24) is 0 Å². The van der Waals surface area contributed by atoms with Gasteiger partial charge in [0.15, 0.2) is 0 Å². The van der Waals surface area contributed by atoms with Crippen LogP contribution in [0.4, 0.5) is 0 Å². The average Bonchev–Trinajstić information content (AvgIpc) is 1.36. The molecule has 0 saturated heterocycles. The van der Waals surface area contributed by atoms with Gasteiger partial charge >= 0.3 is 10.3 Å². The lowest BCUT2D eigenvalue weighted by Crippen LogP contribution is -2.08. The lowest BCUT2D eigenvalue weighted by atomic mass is 13.4. The first kappa shape index (κ1) is 9.56. The number of nitrogens with two attached hydrogens (primary N) is 1. The second-order valence-corrected chi connectivity index (χ2v) is 1.54. The predicted octanol–water partition coefficient (Wildman–Crippen LogP) is -1.22. The van der Waals surface area contributed by atoms with Gasteiger partial charge in [0.1, 0.15) is 0 Å². The zero-order valence-electron chi connectivity index (χ0n) is 3.14. The first-order valence-corrected chi connectivity index (χ1v) is 2.45. The first-order chi connectivity index (χ1) is 3.00. The molecule has 0 rings (SSSR count). The van der Waals surface area contributed by atoms with Gasteiger partial charge in [0, 0.05) is 10.8 Å². The Morgan fingerprint density at radius 2 is 1.43 bits per heavy atom. The third-order valence-electron chi connectivity index (χ3n) is 0. The number of nitrogens with zero attached hydrogens (tertiary/aromatic N) is 2. The summed E-state index contributed by atoms with van der Waals surface area (Å²) in [6.45, 7) is 0. The van der Waals surface area contributed by atoms with Crippen LogP contribution in [0.5, 0.6) is 0 Å². The molecule has 0 radical (unpaired) electrons. The molecule has 0 aliphatic heterocycles. The monoisotopic (exact) mass is 125 g/mol. The van der Waals surface area contributed by atoms with E-state index in [2.05, 4.69) is 5.14 Å². The molecule has 0 unspecified atom stereocenters. The molecule has 0 aromatic carbocycles. The normalized spacial score (nSPS) is 8.57. The molecule has 0 saturated carbocycles. The van der Waals surface area contributed by atoms with Crippen molar-refractivity contribution in [2.75, 3.05) is 0 Å². The van der Waals surface area contributed by atoms with E-state index in [1.165, 1.54) is 0 Å². The third-order valence-corrected chi connectivity index (χ3v) is 0. The lowest BCUT2D eigenvalue weighted by Gasteiger charge is -1.70. The van der Waals surface area contributed by atoms with Crippen molar-refractivity contribution in [2.24, 2.45) is 5.14 Å². The molecule has 0 bridgehead atoms. The van der Waals surface area contributed by atoms with Crippen LogP contribution in [-0.2, 0) is 10.3 Å². The Balaban J connectivity index is 0. The van der Waals surface area contributed by atoms with E-state index in [-0.39, 0.29) is 0 Å². The second kappa shape index (κ2) is 3.48. The minimum atomic E-state index is -4.17. The molecular formula is H3N3O3S. The van der Waals surface area contributed by atoms with E-state index < -0.39 is 10.3 Å². The summed E-state index contributed by atoms with van der Waals surface area (Å²) < 4.78 is 25.2. The quantitative estimate of drug-likeness (QED) is 0.309. The molecule has 0 aliphatic carbocycles. The van der Waals surface area contributed by atoms with E-state index in [4.69, 9.17) is 23.8 Å². The molecule has 0 aromatic heterocycles. The van der Waals surface area contributed by atoms with Crippen LogP contribution in [0.1, 0.15) is 0 Å². The number of hydrogen-bond donors (Lipinski definition) is 2. The maximum Gasteiger partial charge on any atom is 0.330 e. The maximum atomic E-state index is 8.97. The summed E-state index contributed by atoms with van der Waals surface area (Å²) in [6, 6.07) is 0. The molecule has 0 aromatic rings. The second-order valence-electron chi connectivity index (χ2n) is 0.515. The van der Waals surface area contributed by atoms with Crippen molar-refractivity contribution in [2.45, 2.75) is 0 Å². The van der Waals surface area contributed by atoms with E-state index in [1.54, 1.807) is 0 Å². The van der Waals surface area contributed by atoms with E-state index in [0.29, 0.717) is 0 Å². The number of hydrogen-bond acceptors (Lipinski definition) is 4. The van der Waals surface area contributed by atoms with Gasteiger partial charge in [0.05, 0.1) is 0 Å². The van der Waals surface area contributed by atoms with Crippen LogP contribution in [0.2, 0.25) is 0 Å². The molecule has 0 amide bonds. The molecule has 0 atom stereocenters. The summed E-state index contributed by atoms with van der Waals surface area (Å²) in [5, 5.41) is 15.9. The Labute approximate surface area is 40.2 Å². The molecule has 7 heteroatoms. The van der Waals surface area contributed by atoms with Crippen molar-refractivity contribution in [3.8, 4) is 0 Å². The van der Waals surface area contributed by atoms with Gasteiger partial charge in [-0.15, -0.1) is 0 Å². The summed E-state index contributed by atoms with van der Waals surface area (Å²) >= 11 is 0. The first-order valence-electron chi connectivity index (χ1n) is 0.952. The molecule has 42 valence electrons. The van der Waals surface area contributed by atoms with Crippen molar-refractivity contribution in [1.29, 1.82) is 10.8 Å². The molecular weight excluding hydrogens is 122 g/mol. The highest BCUT2D eigenvalue weighted by Gasteiger charge is 1.81. The third kappa shape index (κ3) is 114. The molecule has 0 heterocycles. The maximum absolute atomic E-state index is 8.97. The van der Waals surface area contributed by atoms with Crippen LogP contribution >= 0.6 is 0 Å². The van der Waals surface area contributed by atoms with Crippen LogP contribution < -0.4 is 5.14 Å². The fourth-order valence-electron chi connectivity index (χ4n) is 0. The Morgan fingerprint density at radius 3 is 1.43 bits per heavy atom.